The molecule has 5 rings (SSSR count). The molecule has 0 spiro atoms. The predicted octanol–water partition coefficient (Wildman–Crippen LogP) is 4.64. The maximum Gasteiger partial charge on any atom is 0.230 e. The number of nitrogens with one attached hydrogen (secondary N) is 1. The number of ether oxygens (including phenoxy) is 2. The van der Waals surface area contributed by atoms with Crippen LogP contribution in [-0.4, -0.2) is 19.1 Å². The van der Waals surface area contributed by atoms with Crippen LogP contribution in [0, 0.1) is 23.2 Å². The first-order valence-electron chi connectivity index (χ1n) is 9.83. The van der Waals surface area contributed by atoms with Gasteiger partial charge < -0.3 is 14.8 Å². The highest BCUT2D eigenvalue weighted by molar-refractivity contribution is 5.96. The standard InChI is InChI=1S/C21H29NO3/c1-3-24-18-6-5-17(10-19(18)25-4-2)22-20(23)21-11-14-7-15(12-21)9-16(8-14)13-21/h5-6,10,14-16H,3-4,7-9,11-13H2,1-2H3,(H,22,23). The van der Waals surface area contributed by atoms with Crippen LogP contribution in [0.3, 0.4) is 0 Å². The molecule has 1 N–H and O–H groups in total. The molecule has 4 aliphatic rings. The fraction of sp³-hybridized carbons (Fsp3) is 0.667. The largest absolute Gasteiger partial charge is 0.490 e. The van der Waals surface area contributed by atoms with Crippen LogP contribution in [0.15, 0.2) is 18.2 Å². The molecule has 1 aromatic carbocycles. The monoisotopic (exact) mass is 343 g/mol. The summed E-state index contributed by atoms with van der Waals surface area (Å²) in [5.41, 5.74) is 0.687. The van der Waals surface area contributed by atoms with Crippen molar-refractivity contribution in [2.24, 2.45) is 23.2 Å². The van der Waals surface area contributed by atoms with Crippen molar-refractivity contribution in [2.75, 3.05) is 18.5 Å². The SMILES string of the molecule is CCOc1ccc(NC(=O)C23CC4CC(CC(C4)C2)C3)cc1OCC. The average Bonchev–Trinajstić information content (AvgIpc) is 2.56. The number of benzene rings is 1. The Bertz CT molecular complexity index is 619. The molecule has 4 bridgehead atoms. The van der Waals surface area contributed by atoms with E-state index in [0.717, 1.165) is 48.5 Å². The maximum absolute atomic E-state index is 13.2. The van der Waals surface area contributed by atoms with E-state index in [1.165, 1.54) is 19.3 Å². The van der Waals surface area contributed by atoms with Gasteiger partial charge in [-0.05, 0) is 82.3 Å². The Morgan fingerprint density at radius 1 is 1.00 bits per heavy atom. The van der Waals surface area contributed by atoms with Crippen molar-refractivity contribution in [3.8, 4) is 11.5 Å². The van der Waals surface area contributed by atoms with Crippen molar-refractivity contribution in [2.45, 2.75) is 52.4 Å². The average molecular weight is 343 g/mol. The highest BCUT2D eigenvalue weighted by Gasteiger charge is 2.54. The van der Waals surface area contributed by atoms with Gasteiger partial charge in [-0.3, -0.25) is 4.79 Å². The minimum atomic E-state index is -0.126. The maximum atomic E-state index is 13.2. The molecule has 0 atom stereocenters. The van der Waals surface area contributed by atoms with E-state index in [1.54, 1.807) is 0 Å². The van der Waals surface area contributed by atoms with Crippen molar-refractivity contribution < 1.29 is 14.3 Å². The van der Waals surface area contributed by atoms with Crippen LogP contribution in [0.25, 0.3) is 0 Å². The smallest absolute Gasteiger partial charge is 0.230 e. The molecule has 4 fully saturated rings. The molecule has 4 nitrogen and oxygen atoms in total. The minimum absolute atomic E-state index is 0.126. The number of carbonyl (C=O) groups excluding carboxylic acids is 1. The fourth-order valence-corrected chi connectivity index (χ4v) is 5.78. The third-order valence-electron chi connectivity index (χ3n) is 6.32. The van der Waals surface area contributed by atoms with Gasteiger partial charge in [0.25, 0.3) is 0 Å². The Kier molecular flexibility index (Phi) is 4.38. The molecule has 0 radical (unpaired) electrons. The first kappa shape index (κ1) is 16.7. The minimum Gasteiger partial charge on any atom is -0.490 e. The quantitative estimate of drug-likeness (QED) is 0.818. The van der Waals surface area contributed by atoms with Crippen LogP contribution in [-0.2, 0) is 4.79 Å². The fourth-order valence-electron chi connectivity index (χ4n) is 5.78. The topological polar surface area (TPSA) is 47.6 Å². The van der Waals surface area contributed by atoms with E-state index < -0.39 is 0 Å². The van der Waals surface area contributed by atoms with Crippen LogP contribution in [0.2, 0.25) is 0 Å². The van der Waals surface area contributed by atoms with Crippen molar-refractivity contribution in [3.63, 3.8) is 0 Å². The van der Waals surface area contributed by atoms with E-state index in [2.05, 4.69) is 5.32 Å². The Morgan fingerprint density at radius 3 is 2.12 bits per heavy atom. The lowest BCUT2D eigenvalue weighted by Gasteiger charge is -2.55. The van der Waals surface area contributed by atoms with E-state index in [4.69, 9.17) is 9.47 Å². The lowest BCUT2D eigenvalue weighted by Crippen LogP contribution is -2.51. The predicted molar refractivity (Wildman–Crippen MR) is 98.0 cm³/mol. The highest BCUT2D eigenvalue weighted by Crippen LogP contribution is 2.60. The Morgan fingerprint density at radius 2 is 1.56 bits per heavy atom. The Hall–Kier alpha value is -1.71. The molecule has 25 heavy (non-hydrogen) atoms. The Labute approximate surface area is 150 Å². The van der Waals surface area contributed by atoms with Crippen LogP contribution in [0.5, 0.6) is 11.5 Å². The van der Waals surface area contributed by atoms with E-state index in [0.29, 0.717) is 19.0 Å². The number of rotatable bonds is 6. The van der Waals surface area contributed by atoms with Gasteiger partial charge in [-0.1, -0.05) is 0 Å². The molecule has 1 aromatic rings. The number of anilines is 1. The summed E-state index contributed by atoms with van der Waals surface area (Å²) in [6.07, 6.45) is 7.30. The van der Waals surface area contributed by atoms with Crippen LogP contribution >= 0.6 is 0 Å². The zero-order chi connectivity index (χ0) is 17.4. The van der Waals surface area contributed by atoms with Crippen molar-refractivity contribution in [1.82, 2.24) is 0 Å². The van der Waals surface area contributed by atoms with Gasteiger partial charge in [-0.2, -0.15) is 0 Å². The summed E-state index contributed by atoms with van der Waals surface area (Å²) in [6, 6.07) is 5.71. The van der Waals surface area contributed by atoms with Crippen LogP contribution < -0.4 is 14.8 Å². The van der Waals surface area contributed by atoms with E-state index in [-0.39, 0.29) is 11.3 Å². The number of amides is 1. The second-order valence-electron chi connectivity index (χ2n) is 8.18. The van der Waals surface area contributed by atoms with Crippen molar-refractivity contribution in [1.29, 1.82) is 0 Å². The molecule has 0 aliphatic heterocycles. The molecule has 0 heterocycles. The Balaban J connectivity index is 1.52. The zero-order valence-electron chi connectivity index (χ0n) is 15.3. The number of hydrogen-bond acceptors (Lipinski definition) is 3. The van der Waals surface area contributed by atoms with Gasteiger partial charge in [0.05, 0.1) is 18.6 Å². The van der Waals surface area contributed by atoms with Gasteiger partial charge in [0, 0.05) is 11.8 Å². The summed E-state index contributed by atoms with van der Waals surface area (Å²) in [4.78, 5) is 13.2. The molecular formula is C21H29NO3. The van der Waals surface area contributed by atoms with E-state index in [1.807, 2.05) is 32.0 Å². The normalized spacial score (nSPS) is 32.5. The lowest BCUT2D eigenvalue weighted by atomic mass is 9.49. The van der Waals surface area contributed by atoms with Gasteiger partial charge >= 0.3 is 0 Å². The molecular weight excluding hydrogens is 314 g/mol. The molecule has 0 saturated heterocycles. The molecule has 0 unspecified atom stereocenters. The number of hydrogen-bond donors (Lipinski definition) is 1. The number of carbonyl (C=O) groups is 1. The summed E-state index contributed by atoms with van der Waals surface area (Å²) in [5, 5.41) is 3.19. The van der Waals surface area contributed by atoms with Crippen LogP contribution in [0.1, 0.15) is 52.4 Å². The molecule has 4 saturated carbocycles. The van der Waals surface area contributed by atoms with Gasteiger partial charge in [-0.15, -0.1) is 0 Å². The second-order valence-corrected chi connectivity index (χ2v) is 8.18. The van der Waals surface area contributed by atoms with Gasteiger partial charge in [0.1, 0.15) is 0 Å². The first-order chi connectivity index (χ1) is 12.1. The summed E-state index contributed by atoms with van der Waals surface area (Å²) in [5.74, 6) is 3.98. The summed E-state index contributed by atoms with van der Waals surface area (Å²) >= 11 is 0. The third kappa shape index (κ3) is 3.11. The lowest BCUT2D eigenvalue weighted by molar-refractivity contribution is -0.140. The van der Waals surface area contributed by atoms with E-state index in [9.17, 15) is 4.79 Å². The van der Waals surface area contributed by atoms with Gasteiger partial charge in [-0.25, -0.2) is 0 Å². The van der Waals surface area contributed by atoms with Gasteiger partial charge in [0.15, 0.2) is 11.5 Å². The van der Waals surface area contributed by atoms with Gasteiger partial charge in [0.2, 0.25) is 5.91 Å². The summed E-state index contributed by atoms with van der Waals surface area (Å²) in [7, 11) is 0. The van der Waals surface area contributed by atoms with Crippen molar-refractivity contribution >= 4 is 11.6 Å². The second kappa shape index (κ2) is 6.54. The first-order valence-corrected chi connectivity index (χ1v) is 9.83. The summed E-state index contributed by atoms with van der Waals surface area (Å²) in [6.45, 7) is 5.08. The molecule has 4 heteroatoms. The van der Waals surface area contributed by atoms with Crippen molar-refractivity contribution in [3.05, 3.63) is 18.2 Å². The highest BCUT2D eigenvalue weighted by atomic mass is 16.5. The molecule has 0 aromatic heterocycles. The molecule has 1 amide bonds. The zero-order valence-corrected chi connectivity index (χ0v) is 15.3. The molecule has 4 aliphatic carbocycles. The van der Waals surface area contributed by atoms with Crippen LogP contribution in [0.4, 0.5) is 5.69 Å². The van der Waals surface area contributed by atoms with E-state index >= 15 is 0 Å². The molecule has 136 valence electrons. The third-order valence-corrected chi connectivity index (χ3v) is 6.32. The summed E-state index contributed by atoms with van der Waals surface area (Å²) < 4.78 is 11.3.